The molecule has 1 aliphatic rings. The van der Waals surface area contributed by atoms with Gasteiger partial charge in [0.25, 0.3) is 0 Å². The Morgan fingerprint density at radius 2 is 1.86 bits per heavy atom. The monoisotopic (exact) mass is 419 g/mol. The number of nitrogens with one attached hydrogen (secondary N) is 1. The first-order valence-corrected chi connectivity index (χ1v) is 9.80. The molecule has 0 radical (unpaired) electrons. The van der Waals surface area contributed by atoms with Gasteiger partial charge in [-0.25, -0.2) is 0 Å². The lowest BCUT2D eigenvalue weighted by Gasteiger charge is -2.28. The summed E-state index contributed by atoms with van der Waals surface area (Å²) in [6, 6.07) is 10.5. The molecule has 2 N–H and O–H groups in total. The van der Waals surface area contributed by atoms with Crippen molar-refractivity contribution in [2.24, 2.45) is 0 Å². The van der Waals surface area contributed by atoms with Crippen molar-refractivity contribution in [3.8, 4) is 17.2 Å². The molecule has 6 nitrogen and oxygen atoms in total. The Hall–Kier alpha value is -2.28. The molecule has 2 aromatic carbocycles. The quantitative estimate of drug-likeness (QED) is 0.640. The Kier molecular flexibility index (Phi) is 6.67. The van der Waals surface area contributed by atoms with Crippen LogP contribution in [0.25, 0.3) is 0 Å². The zero-order chi connectivity index (χ0) is 21.0. The number of Topliss-reactive ketones (excluding diaryl/α,β-unsaturated/α-hetero) is 1. The predicted octanol–water partition coefficient (Wildman–Crippen LogP) is 3.23. The highest BCUT2D eigenvalue weighted by Gasteiger charge is 2.43. The zero-order valence-electron chi connectivity index (χ0n) is 16.8. The molecule has 1 aliphatic heterocycles. The van der Waals surface area contributed by atoms with E-state index < -0.39 is 6.04 Å². The van der Waals surface area contributed by atoms with Crippen molar-refractivity contribution >= 4 is 17.4 Å². The van der Waals surface area contributed by atoms with Gasteiger partial charge in [-0.1, -0.05) is 23.7 Å². The maximum atomic E-state index is 13.3. The van der Waals surface area contributed by atoms with Gasteiger partial charge in [-0.2, -0.15) is 0 Å². The number of carbonyl (C=O) groups excluding carboxylic acids is 1. The Labute approximate surface area is 175 Å². The standard InChI is InChI=1S/C22H26ClNO5/c1-27-18-9-14(10-19(28-2)21(18)29-3)20(26)17-12-22(7-8-25,13-24-17)15-5-4-6-16(23)11-15/h4-6,9-11,17,24-25H,7-8,12-13H2,1-3H3. The second-order valence-electron chi connectivity index (χ2n) is 7.18. The second kappa shape index (κ2) is 9.03. The van der Waals surface area contributed by atoms with Crippen molar-refractivity contribution in [1.82, 2.24) is 5.32 Å². The highest BCUT2D eigenvalue weighted by Crippen LogP contribution is 2.41. The highest BCUT2D eigenvalue weighted by molar-refractivity contribution is 6.30. The van der Waals surface area contributed by atoms with Crippen LogP contribution in [0.3, 0.4) is 0 Å². The molecule has 0 spiro atoms. The maximum Gasteiger partial charge on any atom is 0.203 e. The van der Waals surface area contributed by atoms with Crippen molar-refractivity contribution < 1.29 is 24.1 Å². The normalized spacial score (nSPS) is 21.1. The van der Waals surface area contributed by atoms with E-state index in [9.17, 15) is 9.90 Å². The Morgan fingerprint density at radius 1 is 1.17 bits per heavy atom. The summed E-state index contributed by atoms with van der Waals surface area (Å²) in [6.07, 6.45) is 1.10. The summed E-state index contributed by atoms with van der Waals surface area (Å²) >= 11 is 6.19. The minimum Gasteiger partial charge on any atom is -0.493 e. The smallest absolute Gasteiger partial charge is 0.203 e. The highest BCUT2D eigenvalue weighted by atomic mass is 35.5. The summed E-state index contributed by atoms with van der Waals surface area (Å²) in [5.74, 6) is 1.25. The van der Waals surface area contributed by atoms with Gasteiger partial charge in [0.1, 0.15) is 0 Å². The molecule has 0 saturated carbocycles. The van der Waals surface area contributed by atoms with Crippen LogP contribution in [0, 0.1) is 0 Å². The van der Waals surface area contributed by atoms with Gasteiger partial charge in [0.05, 0.1) is 27.4 Å². The summed E-state index contributed by atoms with van der Waals surface area (Å²) in [5.41, 5.74) is 1.13. The van der Waals surface area contributed by atoms with Gasteiger partial charge in [-0.05, 0) is 42.7 Å². The van der Waals surface area contributed by atoms with E-state index in [0.717, 1.165) is 5.56 Å². The van der Waals surface area contributed by atoms with Crippen LogP contribution in [0.15, 0.2) is 36.4 Å². The number of benzene rings is 2. The molecule has 29 heavy (non-hydrogen) atoms. The molecule has 7 heteroatoms. The molecular formula is C22H26ClNO5. The lowest BCUT2D eigenvalue weighted by molar-refractivity contribution is 0.0947. The fourth-order valence-electron chi connectivity index (χ4n) is 4.05. The number of carbonyl (C=O) groups is 1. The van der Waals surface area contributed by atoms with E-state index in [-0.39, 0.29) is 17.8 Å². The van der Waals surface area contributed by atoms with Gasteiger partial charge in [-0.3, -0.25) is 4.79 Å². The molecule has 1 saturated heterocycles. The third-order valence-corrected chi connectivity index (χ3v) is 5.81. The number of hydrogen-bond acceptors (Lipinski definition) is 6. The van der Waals surface area contributed by atoms with Crippen molar-refractivity contribution in [2.45, 2.75) is 24.3 Å². The zero-order valence-corrected chi connectivity index (χ0v) is 17.6. The molecule has 0 bridgehead atoms. The van der Waals surface area contributed by atoms with Crippen LogP contribution in [0.2, 0.25) is 5.02 Å². The largest absolute Gasteiger partial charge is 0.493 e. The van der Waals surface area contributed by atoms with Crippen LogP contribution in [-0.2, 0) is 5.41 Å². The minimum atomic E-state index is -0.400. The topological polar surface area (TPSA) is 77.0 Å². The van der Waals surface area contributed by atoms with Gasteiger partial charge in [0.2, 0.25) is 5.75 Å². The van der Waals surface area contributed by atoms with Crippen molar-refractivity contribution in [1.29, 1.82) is 0 Å². The number of aliphatic hydroxyl groups is 1. The van der Waals surface area contributed by atoms with Crippen LogP contribution in [0.1, 0.15) is 28.8 Å². The van der Waals surface area contributed by atoms with Crippen molar-refractivity contribution in [3.05, 3.63) is 52.5 Å². The fraction of sp³-hybridized carbons (Fsp3) is 0.409. The van der Waals surface area contributed by atoms with Crippen LogP contribution < -0.4 is 19.5 Å². The molecule has 1 heterocycles. The Morgan fingerprint density at radius 3 is 2.41 bits per heavy atom. The molecule has 2 atom stereocenters. The van der Waals surface area contributed by atoms with Crippen LogP contribution in [0.5, 0.6) is 17.2 Å². The lowest BCUT2D eigenvalue weighted by atomic mass is 9.75. The fourth-order valence-corrected chi connectivity index (χ4v) is 4.24. The summed E-state index contributed by atoms with van der Waals surface area (Å²) in [4.78, 5) is 13.3. The number of ketones is 1. The lowest BCUT2D eigenvalue weighted by Crippen LogP contribution is -2.31. The third kappa shape index (κ3) is 4.20. The molecule has 2 unspecified atom stereocenters. The number of aliphatic hydroxyl groups excluding tert-OH is 1. The average molecular weight is 420 g/mol. The predicted molar refractivity (Wildman–Crippen MR) is 112 cm³/mol. The molecule has 3 rings (SSSR count). The van der Waals surface area contributed by atoms with Crippen molar-refractivity contribution in [3.63, 3.8) is 0 Å². The van der Waals surface area contributed by atoms with Gasteiger partial charge < -0.3 is 24.6 Å². The first kappa shape index (κ1) is 21.4. The van der Waals surface area contributed by atoms with Gasteiger partial charge >= 0.3 is 0 Å². The van der Waals surface area contributed by atoms with Crippen LogP contribution >= 0.6 is 11.6 Å². The maximum absolute atomic E-state index is 13.3. The van der Waals surface area contributed by atoms with E-state index in [1.165, 1.54) is 21.3 Å². The summed E-state index contributed by atoms with van der Waals surface area (Å²) < 4.78 is 16.1. The number of rotatable bonds is 8. The first-order valence-electron chi connectivity index (χ1n) is 9.42. The van der Waals surface area contributed by atoms with E-state index in [1.807, 2.05) is 24.3 Å². The Balaban J connectivity index is 1.91. The van der Waals surface area contributed by atoms with E-state index >= 15 is 0 Å². The third-order valence-electron chi connectivity index (χ3n) is 5.57. The van der Waals surface area contributed by atoms with Crippen LogP contribution in [0.4, 0.5) is 0 Å². The summed E-state index contributed by atoms with van der Waals surface area (Å²) in [5, 5.41) is 13.6. The molecule has 2 aromatic rings. The molecule has 0 aromatic heterocycles. The first-order chi connectivity index (χ1) is 14.0. The number of ether oxygens (including phenoxy) is 3. The van der Waals surface area contributed by atoms with E-state index in [0.29, 0.717) is 47.2 Å². The van der Waals surface area contributed by atoms with Gasteiger partial charge in [0, 0.05) is 29.2 Å². The molecule has 0 amide bonds. The van der Waals surface area contributed by atoms with E-state index in [2.05, 4.69) is 5.32 Å². The minimum absolute atomic E-state index is 0.0271. The van der Waals surface area contributed by atoms with Gasteiger partial charge in [-0.15, -0.1) is 0 Å². The van der Waals surface area contributed by atoms with E-state index in [1.54, 1.807) is 12.1 Å². The summed E-state index contributed by atoms with van der Waals surface area (Å²) in [6.45, 7) is 0.605. The van der Waals surface area contributed by atoms with Crippen molar-refractivity contribution in [2.75, 3.05) is 34.5 Å². The van der Waals surface area contributed by atoms with Gasteiger partial charge in [0.15, 0.2) is 17.3 Å². The Bertz CT molecular complexity index is 862. The molecular weight excluding hydrogens is 394 g/mol. The van der Waals surface area contributed by atoms with Crippen LogP contribution in [-0.4, -0.2) is 51.4 Å². The molecule has 1 fully saturated rings. The number of halogens is 1. The number of hydrogen-bond donors (Lipinski definition) is 2. The molecule has 0 aliphatic carbocycles. The molecule has 156 valence electrons. The number of methoxy groups -OCH3 is 3. The summed E-state index contributed by atoms with van der Waals surface area (Å²) in [7, 11) is 4.56. The van der Waals surface area contributed by atoms with E-state index in [4.69, 9.17) is 25.8 Å². The second-order valence-corrected chi connectivity index (χ2v) is 7.62. The average Bonchev–Trinajstić information content (AvgIpc) is 3.17. The SMILES string of the molecule is COc1cc(C(=O)C2CC(CCO)(c3cccc(Cl)c3)CN2)cc(OC)c1OC.